The number of ether oxygens (including phenoxy) is 1. The van der Waals surface area contributed by atoms with Gasteiger partial charge in [-0.25, -0.2) is 0 Å². The molecule has 2 aliphatic heterocycles. The first-order valence-electron chi connectivity index (χ1n) is 10.7. The molecule has 30 heavy (non-hydrogen) atoms. The van der Waals surface area contributed by atoms with Gasteiger partial charge in [-0.1, -0.05) is 36.4 Å². The molecule has 2 saturated heterocycles. The minimum Gasteiger partial charge on any atom is -0.374 e. The molecule has 2 fully saturated rings. The normalized spacial score (nSPS) is 22.2. The third-order valence-electron chi connectivity index (χ3n) is 5.76. The molecule has 3 heterocycles. The van der Waals surface area contributed by atoms with Gasteiger partial charge in [0.15, 0.2) is 0 Å². The Kier molecular flexibility index (Phi) is 7.15. The summed E-state index contributed by atoms with van der Waals surface area (Å²) >= 11 is 1.58. The average molecular weight is 428 g/mol. The van der Waals surface area contributed by atoms with E-state index < -0.39 is 0 Å². The number of hydrogen-bond donors (Lipinski definition) is 1. The van der Waals surface area contributed by atoms with Crippen molar-refractivity contribution in [2.45, 2.75) is 38.0 Å². The van der Waals surface area contributed by atoms with Crippen LogP contribution in [0.5, 0.6) is 0 Å². The zero-order valence-electron chi connectivity index (χ0n) is 17.2. The summed E-state index contributed by atoms with van der Waals surface area (Å²) in [7, 11) is 0. The summed E-state index contributed by atoms with van der Waals surface area (Å²) in [6.07, 6.45) is 1.96. The van der Waals surface area contributed by atoms with E-state index in [1.807, 2.05) is 23.6 Å². The maximum Gasteiger partial charge on any atom is 0.242 e. The molecule has 1 aromatic heterocycles. The van der Waals surface area contributed by atoms with Gasteiger partial charge >= 0.3 is 0 Å². The van der Waals surface area contributed by atoms with Gasteiger partial charge in [-0.15, -0.1) is 11.3 Å². The molecular formula is C23H29N3O3S. The number of rotatable bonds is 7. The second kappa shape index (κ2) is 10.2. The van der Waals surface area contributed by atoms with Crippen LogP contribution in [0.3, 0.4) is 0 Å². The first kappa shape index (κ1) is 21.0. The lowest BCUT2D eigenvalue weighted by molar-refractivity contribution is -0.138. The molecule has 2 aromatic rings. The number of thiophene rings is 1. The van der Waals surface area contributed by atoms with Crippen LogP contribution in [0.25, 0.3) is 0 Å². The molecular weight excluding hydrogens is 398 g/mol. The molecule has 160 valence electrons. The van der Waals surface area contributed by atoms with Crippen LogP contribution in [0.15, 0.2) is 47.8 Å². The average Bonchev–Trinajstić information content (AvgIpc) is 3.45. The highest BCUT2D eigenvalue weighted by Crippen LogP contribution is 2.20. The van der Waals surface area contributed by atoms with Gasteiger partial charge in [-0.2, -0.15) is 0 Å². The van der Waals surface area contributed by atoms with Crippen LogP contribution in [0.1, 0.15) is 23.3 Å². The number of nitrogens with zero attached hydrogens (tertiary/aromatic N) is 2. The summed E-state index contributed by atoms with van der Waals surface area (Å²) in [6, 6.07) is 14.0. The van der Waals surface area contributed by atoms with Crippen LogP contribution in [0.4, 0.5) is 0 Å². The topological polar surface area (TPSA) is 61.9 Å². The van der Waals surface area contributed by atoms with E-state index in [4.69, 9.17) is 4.74 Å². The van der Waals surface area contributed by atoms with Gasteiger partial charge in [0.1, 0.15) is 6.04 Å². The molecule has 0 radical (unpaired) electrons. The Morgan fingerprint density at radius 3 is 2.80 bits per heavy atom. The summed E-state index contributed by atoms with van der Waals surface area (Å²) in [5.41, 5.74) is 1.29. The molecule has 0 spiro atoms. The first-order valence-corrected chi connectivity index (χ1v) is 11.5. The van der Waals surface area contributed by atoms with E-state index in [0.29, 0.717) is 26.1 Å². The largest absolute Gasteiger partial charge is 0.374 e. The van der Waals surface area contributed by atoms with Crippen molar-refractivity contribution in [3.63, 3.8) is 0 Å². The van der Waals surface area contributed by atoms with Crippen molar-refractivity contribution >= 4 is 23.2 Å². The second-order valence-corrected chi connectivity index (χ2v) is 8.99. The molecule has 0 saturated carbocycles. The van der Waals surface area contributed by atoms with E-state index >= 15 is 0 Å². The molecule has 0 aliphatic carbocycles. The highest BCUT2D eigenvalue weighted by Gasteiger charge is 2.34. The molecule has 1 N–H and O–H groups in total. The molecule has 0 bridgehead atoms. The van der Waals surface area contributed by atoms with Crippen LogP contribution >= 0.6 is 11.3 Å². The smallest absolute Gasteiger partial charge is 0.242 e. The maximum absolute atomic E-state index is 12.8. The number of amides is 2. The number of benzene rings is 1. The van der Waals surface area contributed by atoms with Crippen molar-refractivity contribution in [1.29, 1.82) is 0 Å². The van der Waals surface area contributed by atoms with E-state index in [2.05, 4.69) is 34.5 Å². The lowest BCUT2D eigenvalue weighted by Crippen LogP contribution is -2.51. The zero-order valence-corrected chi connectivity index (χ0v) is 18.0. The Morgan fingerprint density at radius 2 is 2.00 bits per heavy atom. The van der Waals surface area contributed by atoms with E-state index in [1.54, 1.807) is 16.2 Å². The van der Waals surface area contributed by atoms with Crippen molar-refractivity contribution in [2.24, 2.45) is 0 Å². The number of carbonyl (C=O) groups excluding carboxylic acids is 2. The minimum atomic E-state index is -0.360. The van der Waals surface area contributed by atoms with Crippen LogP contribution in [-0.2, 0) is 27.3 Å². The second-order valence-electron chi connectivity index (χ2n) is 7.96. The van der Waals surface area contributed by atoms with Gasteiger partial charge in [-0.3, -0.25) is 14.5 Å². The summed E-state index contributed by atoms with van der Waals surface area (Å²) in [5, 5.41) is 5.01. The van der Waals surface area contributed by atoms with E-state index in [1.165, 1.54) is 5.56 Å². The molecule has 2 aliphatic rings. The SMILES string of the molecule is O=C(NC[C@@H]1CN(Cc2ccccc2)CCO1)[C@H]1CCCN1C(=O)Cc1cccs1. The Balaban J connectivity index is 1.25. The standard InChI is InChI=1S/C23H29N3O3S/c27-22(14-20-8-5-13-30-20)26-10-4-9-21(26)23(28)24-15-19-17-25(11-12-29-19)16-18-6-2-1-3-7-18/h1-3,5-8,13,19,21H,4,9-12,14-17H2,(H,24,28)/t19-,21-/m1/s1. The number of hydrogen-bond acceptors (Lipinski definition) is 5. The highest BCUT2D eigenvalue weighted by molar-refractivity contribution is 7.10. The summed E-state index contributed by atoms with van der Waals surface area (Å²) in [6.45, 7) is 4.39. The Morgan fingerprint density at radius 1 is 1.13 bits per heavy atom. The van der Waals surface area contributed by atoms with Crippen LogP contribution in [-0.4, -0.2) is 66.5 Å². The monoisotopic (exact) mass is 427 g/mol. The highest BCUT2D eigenvalue weighted by atomic mass is 32.1. The van der Waals surface area contributed by atoms with Crippen molar-refractivity contribution in [3.05, 3.63) is 58.3 Å². The van der Waals surface area contributed by atoms with Crippen LogP contribution in [0, 0.1) is 0 Å². The Labute approximate surface area is 181 Å². The fourth-order valence-electron chi connectivity index (χ4n) is 4.22. The predicted molar refractivity (Wildman–Crippen MR) is 117 cm³/mol. The molecule has 1 aromatic carbocycles. The molecule has 0 unspecified atom stereocenters. The quantitative estimate of drug-likeness (QED) is 0.737. The maximum atomic E-state index is 12.8. The summed E-state index contributed by atoms with van der Waals surface area (Å²) < 4.78 is 5.87. The van der Waals surface area contributed by atoms with E-state index in [9.17, 15) is 9.59 Å². The lowest BCUT2D eigenvalue weighted by Gasteiger charge is -2.33. The third-order valence-corrected chi connectivity index (χ3v) is 6.63. The van der Waals surface area contributed by atoms with Crippen LogP contribution < -0.4 is 5.32 Å². The van der Waals surface area contributed by atoms with Crippen molar-refractivity contribution < 1.29 is 14.3 Å². The summed E-state index contributed by atoms with van der Waals surface area (Å²) in [5.74, 6) is -0.0196. The number of nitrogens with one attached hydrogen (secondary N) is 1. The molecule has 6 nitrogen and oxygen atoms in total. The molecule has 2 amide bonds. The minimum absolute atomic E-state index is 0.0249. The number of likely N-dealkylation sites (tertiary alicyclic amines) is 1. The van der Waals surface area contributed by atoms with Gasteiger partial charge in [0.05, 0.1) is 19.1 Å². The van der Waals surface area contributed by atoms with Gasteiger partial charge in [0.2, 0.25) is 11.8 Å². The zero-order chi connectivity index (χ0) is 20.8. The van der Waals surface area contributed by atoms with Gasteiger partial charge < -0.3 is 15.0 Å². The number of morpholine rings is 1. The van der Waals surface area contributed by atoms with Crippen molar-refractivity contribution in [2.75, 3.05) is 32.8 Å². The first-order chi connectivity index (χ1) is 14.7. The lowest BCUT2D eigenvalue weighted by atomic mass is 10.1. The molecule has 7 heteroatoms. The van der Waals surface area contributed by atoms with E-state index in [0.717, 1.165) is 37.4 Å². The van der Waals surface area contributed by atoms with Crippen molar-refractivity contribution in [3.8, 4) is 0 Å². The van der Waals surface area contributed by atoms with E-state index in [-0.39, 0.29) is 24.0 Å². The van der Waals surface area contributed by atoms with Gasteiger partial charge in [0, 0.05) is 37.6 Å². The Bertz CT molecular complexity index is 827. The summed E-state index contributed by atoms with van der Waals surface area (Å²) in [4.78, 5) is 30.6. The van der Waals surface area contributed by atoms with Crippen molar-refractivity contribution in [1.82, 2.24) is 15.1 Å². The fourth-order valence-corrected chi connectivity index (χ4v) is 4.92. The Hall–Kier alpha value is -2.22. The number of carbonyl (C=O) groups is 2. The van der Waals surface area contributed by atoms with Crippen LogP contribution in [0.2, 0.25) is 0 Å². The molecule has 4 rings (SSSR count). The molecule has 2 atom stereocenters. The fraction of sp³-hybridized carbons (Fsp3) is 0.478. The predicted octanol–water partition coefficient (Wildman–Crippen LogP) is 2.30. The van der Waals surface area contributed by atoms with Gasteiger partial charge in [-0.05, 0) is 29.9 Å². The van der Waals surface area contributed by atoms with Gasteiger partial charge in [0.25, 0.3) is 0 Å². The third kappa shape index (κ3) is 5.47.